The van der Waals surface area contributed by atoms with E-state index >= 15 is 0 Å². The standard InChI is InChI=1S/C13H17N5O5/c1-4(19)9-7(20)8(21)13(23-9)18-2-5(11(15)22)6-10(14)16-3-17-12(6)18/h2-4,7-9,13,19-21H,1H3,(H2,15,22)(H2,14,16,17)/t4-,7-,8+,9+,13+/m0/s1. The predicted molar refractivity (Wildman–Crippen MR) is 78.1 cm³/mol. The summed E-state index contributed by atoms with van der Waals surface area (Å²) in [6.45, 7) is 1.44. The summed E-state index contributed by atoms with van der Waals surface area (Å²) in [6, 6.07) is 0. The fraction of sp³-hybridized carbons (Fsp3) is 0.462. The molecule has 7 N–H and O–H groups in total. The van der Waals surface area contributed by atoms with E-state index in [1.54, 1.807) is 0 Å². The Labute approximate surface area is 130 Å². The zero-order valence-corrected chi connectivity index (χ0v) is 12.2. The number of primary amides is 1. The van der Waals surface area contributed by atoms with Crippen LogP contribution in [0.3, 0.4) is 0 Å². The Balaban J connectivity index is 2.14. The van der Waals surface area contributed by atoms with Crippen LogP contribution in [0, 0.1) is 0 Å². The van der Waals surface area contributed by atoms with Gasteiger partial charge < -0.3 is 36.1 Å². The van der Waals surface area contributed by atoms with Crippen molar-refractivity contribution in [3.05, 3.63) is 18.1 Å². The number of nitrogen functional groups attached to an aromatic ring is 1. The van der Waals surface area contributed by atoms with Crippen LogP contribution in [0.5, 0.6) is 0 Å². The highest BCUT2D eigenvalue weighted by molar-refractivity contribution is 6.08. The average Bonchev–Trinajstić information content (AvgIpc) is 3.00. The fourth-order valence-corrected chi connectivity index (χ4v) is 2.80. The van der Waals surface area contributed by atoms with Crippen molar-refractivity contribution in [2.75, 3.05) is 5.73 Å². The van der Waals surface area contributed by atoms with Gasteiger partial charge in [-0.25, -0.2) is 9.97 Å². The van der Waals surface area contributed by atoms with Crippen LogP contribution in [0.2, 0.25) is 0 Å². The lowest BCUT2D eigenvalue weighted by Gasteiger charge is -2.18. The molecule has 3 heterocycles. The minimum absolute atomic E-state index is 0.0580. The summed E-state index contributed by atoms with van der Waals surface area (Å²) in [5, 5.41) is 30.1. The van der Waals surface area contributed by atoms with Gasteiger partial charge >= 0.3 is 0 Å². The SMILES string of the molecule is C[C@H](O)[C@H]1O[C@@H](n2cc(C(N)=O)c3c(N)ncnc32)[C@H](O)[C@@H]1O. The zero-order chi connectivity index (χ0) is 16.9. The third-order valence-electron chi connectivity index (χ3n) is 3.93. The van der Waals surface area contributed by atoms with Crippen LogP contribution in [0.15, 0.2) is 12.5 Å². The number of hydrogen-bond acceptors (Lipinski definition) is 8. The lowest BCUT2D eigenvalue weighted by atomic mass is 10.1. The maximum absolute atomic E-state index is 11.6. The van der Waals surface area contributed by atoms with E-state index in [-0.39, 0.29) is 22.4 Å². The molecule has 2 aromatic rings. The molecule has 1 fully saturated rings. The molecule has 2 aromatic heterocycles. The zero-order valence-electron chi connectivity index (χ0n) is 12.2. The summed E-state index contributed by atoms with van der Waals surface area (Å²) in [6.07, 6.45) is -3.14. The van der Waals surface area contributed by atoms with E-state index in [1.807, 2.05) is 0 Å². The summed E-state index contributed by atoms with van der Waals surface area (Å²) >= 11 is 0. The van der Waals surface area contributed by atoms with Gasteiger partial charge in [0.1, 0.15) is 36.1 Å². The van der Waals surface area contributed by atoms with Crippen LogP contribution in [0.25, 0.3) is 11.0 Å². The second kappa shape index (κ2) is 5.42. The molecule has 10 heteroatoms. The van der Waals surface area contributed by atoms with E-state index in [0.29, 0.717) is 0 Å². The van der Waals surface area contributed by atoms with Crippen molar-refractivity contribution in [3.63, 3.8) is 0 Å². The topological polar surface area (TPSA) is 170 Å². The van der Waals surface area contributed by atoms with Gasteiger partial charge in [0, 0.05) is 6.20 Å². The second-order valence-corrected chi connectivity index (χ2v) is 5.48. The van der Waals surface area contributed by atoms with Gasteiger partial charge in [0.2, 0.25) is 0 Å². The number of ether oxygens (including phenoxy) is 1. The van der Waals surface area contributed by atoms with Gasteiger partial charge in [-0.2, -0.15) is 0 Å². The third-order valence-corrected chi connectivity index (χ3v) is 3.93. The molecule has 3 rings (SSSR count). The van der Waals surface area contributed by atoms with Crippen LogP contribution in [-0.2, 0) is 4.74 Å². The van der Waals surface area contributed by atoms with Crippen LogP contribution >= 0.6 is 0 Å². The summed E-state index contributed by atoms with van der Waals surface area (Å²) in [5.41, 5.74) is 11.4. The Morgan fingerprint density at radius 3 is 2.65 bits per heavy atom. The molecular formula is C13H17N5O5. The van der Waals surface area contributed by atoms with Crippen molar-refractivity contribution in [1.82, 2.24) is 14.5 Å². The highest BCUT2D eigenvalue weighted by Gasteiger charge is 2.46. The summed E-state index contributed by atoms with van der Waals surface area (Å²) < 4.78 is 6.89. The van der Waals surface area contributed by atoms with E-state index in [1.165, 1.54) is 24.0 Å². The molecule has 0 aromatic carbocycles. The first-order chi connectivity index (χ1) is 10.8. The number of nitrogens with zero attached hydrogens (tertiary/aromatic N) is 3. The van der Waals surface area contributed by atoms with Crippen LogP contribution in [0.4, 0.5) is 5.82 Å². The Bertz CT molecular complexity index is 761. The van der Waals surface area contributed by atoms with Crippen molar-refractivity contribution in [1.29, 1.82) is 0 Å². The largest absolute Gasteiger partial charge is 0.391 e. The minimum atomic E-state index is -1.33. The van der Waals surface area contributed by atoms with Gasteiger partial charge in [0.25, 0.3) is 5.91 Å². The molecule has 0 saturated carbocycles. The molecule has 0 radical (unpaired) electrons. The van der Waals surface area contributed by atoms with Crippen molar-refractivity contribution in [3.8, 4) is 0 Å². The molecule has 0 aliphatic carbocycles. The van der Waals surface area contributed by atoms with Gasteiger partial charge in [-0.1, -0.05) is 0 Å². The second-order valence-electron chi connectivity index (χ2n) is 5.48. The van der Waals surface area contributed by atoms with E-state index in [9.17, 15) is 20.1 Å². The van der Waals surface area contributed by atoms with Gasteiger partial charge in [0.05, 0.1) is 17.1 Å². The Kier molecular flexibility index (Phi) is 3.68. The number of aromatic nitrogens is 3. The maximum Gasteiger partial charge on any atom is 0.251 e. The van der Waals surface area contributed by atoms with Gasteiger partial charge in [-0.3, -0.25) is 4.79 Å². The Morgan fingerprint density at radius 1 is 1.39 bits per heavy atom. The third kappa shape index (κ3) is 2.32. The normalized spacial score (nSPS) is 29.0. The van der Waals surface area contributed by atoms with Gasteiger partial charge in [0.15, 0.2) is 6.23 Å². The maximum atomic E-state index is 11.6. The quantitative estimate of drug-likeness (QED) is 0.436. The monoisotopic (exact) mass is 323 g/mol. The molecule has 1 aliphatic heterocycles. The number of fused-ring (bicyclic) bond motifs is 1. The predicted octanol–water partition coefficient (Wildman–Crippen LogP) is -1.89. The number of aliphatic hydroxyl groups excluding tert-OH is 3. The minimum Gasteiger partial charge on any atom is -0.391 e. The van der Waals surface area contributed by atoms with E-state index in [4.69, 9.17) is 16.2 Å². The smallest absolute Gasteiger partial charge is 0.251 e. The number of rotatable bonds is 3. The average molecular weight is 323 g/mol. The van der Waals surface area contributed by atoms with Crippen molar-refractivity contribution < 1.29 is 24.9 Å². The number of carbonyl (C=O) groups excluding carboxylic acids is 1. The molecule has 0 bridgehead atoms. The first-order valence-corrected chi connectivity index (χ1v) is 6.93. The highest BCUT2D eigenvalue weighted by Crippen LogP contribution is 2.35. The van der Waals surface area contributed by atoms with Gasteiger partial charge in [-0.05, 0) is 6.92 Å². The van der Waals surface area contributed by atoms with E-state index in [2.05, 4.69) is 9.97 Å². The molecule has 10 nitrogen and oxygen atoms in total. The van der Waals surface area contributed by atoms with Gasteiger partial charge in [-0.15, -0.1) is 0 Å². The number of anilines is 1. The van der Waals surface area contributed by atoms with Crippen LogP contribution in [0.1, 0.15) is 23.5 Å². The summed E-state index contributed by atoms with van der Waals surface area (Å²) in [7, 11) is 0. The number of carbonyl (C=O) groups is 1. The van der Waals surface area contributed by atoms with Crippen LogP contribution in [-0.4, -0.2) is 60.2 Å². The number of hydrogen-bond donors (Lipinski definition) is 5. The first kappa shape index (κ1) is 15.6. The Morgan fingerprint density at radius 2 is 2.09 bits per heavy atom. The summed E-state index contributed by atoms with van der Waals surface area (Å²) in [5.74, 6) is -0.682. The molecule has 1 aliphatic rings. The van der Waals surface area contributed by atoms with E-state index in [0.717, 1.165) is 0 Å². The van der Waals surface area contributed by atoms with E-state index < -0.39 is 36.6 Å². The fourth-order valence-electron chi connectivity index (χ4n) is 2.80. The number of nitrogens with two attached hydrogens (primary N) is 2. The van der Waals surface area contributed by atoms with Crippen molar-refractivity contribution >= 4 is 22.8 Å². The molecule has 0 spiro atoms. The lowest BCUT2D eigenvalue weighted by Crippen LogP contribution is -2.37. The molecule has 1 saturated heterocycles. The Hall–Kier alpha value is -2.27. The van der Waals surface area contributed by atoms with Crippen LogP contribution < -0.4 is 11.5 Å². The molecule has 1 amide bonds. The molecule has 124 valence electrons. The van der Waals surface area contributed by atoms with Crippen molar-refractivity contribution in [2.24, 2.45) is 5.73 Å². The molecule has 23 heavy (non-hydrogen) atoms. The van der Waals surface area contributed by atoms with Crippen molar-refractivity contribution in [2.45, 2.75) is 37.6 Å². The number of amides is 1. The summed E-state index contributed by atoms with van der Waals surface area (Å²) in [4.78, 5) is 19.5. The molecular weight excluding hydrogens is 306 g/mol. The number of aliphatic hydroxyl groups is 3. The lowest BCUT2D eigenvalue weighted by molar-refractivity contribution is -0.0776. The highest BCUT2D eigenvalue weighted by atomic mass is 16.6. The molecule has 5 atom stereocenters. The molecule has 0 unspecified atom stereocenters. The first-order valence-electron chi connectivity index (χ1n) is 6.93.